The van der Waals surface area contributed by atoms with Crippen LogP contribution in [0.4, 0.5) is 5.13 Å². The number of nitrogens with one attached hydrogen (secondary N) is 1. The molecule has 0 aliphatic carbocycles. The standard InChI is InChI=1S/C20H20ClN5O3S2/c1-28-10-8-22-19-23-24-20(31-19)30-12-18(27)26-16(17-3-2-9-29-17)11-15(25-26)13-4-6-14(21)7-5-13/h2-7,9,16H,8,10-12H2,1H3,(H,22,23). The zero-order valence-corrected chi connectivity index (χ0v) is 19.0. The van der Waals surface area contributed by atoms with Crippen molar-refractivity contribution in [1.29, 1.82) is 0 Å². The van der Waals surface area contributed by atoms with E-state index in [1.54, 1.807) is 13.4 Å². The van der Waals surface area contributed by atoms with Gasteiger partial charge in [-0.1, -0.05) is 46.8 Å². The van der Waals surface area contributed by atoms with Gasteiger partial charge >= 0.3 is 0 Å². The van der Waals surface area contributed by atoms with Gasteiger partial charge in [-0.05, 0) is 29.8 Å². The maximum atomic E-state index is 13.0. The molecule has 1 aromatic carbocycles. The summed E-state index contributed by atoms with van der Waals surface area (Å²) in [5, 5.41) is 18.8. The van der Waals surface area contributed by atoms with E-state index in [0.29, 0.717) is 39.8 Å². The lowest BCUT2D eigenvalue weighted by molar-refractivity contribution is -0.130. The van der Waals surface area contributed by atoms with E-state index < -0.39 is 0 Å². The van der Waals surface area contributed by atoms with Crippen LogP contribution in [-0.4, -0.2) is 52.8 Å². The highest BCUT2D eigenvalue weighted by Gasteiger charge is 2.34. The van der Waals surface area contributed by atoms with Gasteiger partial charge < -0.3 is 14.5 Å². The number of methoxy groups -OCH3 is 1. The first-order chi connectivity index (χ1) is 15.1. The first-order valence-corrected chi connectivity index (χ1v) is 11.7. The van der Waals surface area contributed by atoms with Crippen LogP contribution in [0, 0.1) is 0 Å². The van der Waals surface area contributed by atoms with E-state index in [1.807, 2.05) is 36.4 Å². The number of rotatable bonds is 9. The molecule has 3 aromatic rings. The van der Waals surface area contributed by atoms with Crippen LogP contribution in [0.25, 0.3) is 0 Å². The van der Waals surface area contributed by atoms with Gasteiger partial charge in [0.1, 0.15) is 11.8 Å². The SMILES string of the molecule is COCCNc1nnc(SCC(=O)N2N=C(c3ccc(Cl)cc3)CC2c2ccco2)s1. The minimum absolute atomic E-state index is 0.126. The molecule has 1 unspecified atom stereocenters. The molecule has 11 heteroatoms. The van der Waals surface area contributed by atoms with E-state index in [1.165, 1.54) is 28.1 Å². The number of carbonyl (C=O) groups excluding carboxylic acids is 1. The molecular weight excluding hydrogens is 458 g/mol. The zero-order valence-electron chi connectivity index (χ0n) is 16.7. The summed E-state index contributed by atoms with van der Waals surface area (Å²) >= 11 is 8.74. The second kappa shape index (κ2) is 10.3. The number of thioether (sulfide) groups is 1. The Kier molecular flexibility index (Phi) is 7.23. The molecule has 0 saturated carbocycles. The van der Waals surface area contributed by atoms with Crippen LogP contribution >= 0.6 is 34.7 Å². The van der Waals surface area contributed by atoms with Crippen molar-refractivity contribution in [2.75, 3.05) is 31.3 Å². The number of hydrogen-bond donors (Lipinski definition) is 1. The van der Waals surface area contributed by atoms with Gasteiger partial charge in [0.2, 0.25) is 5.13 Å². The number of ether oxygens (including phenoxy) is 1. The Bertz CT molecular complexity index is 1040. The predicted octanol–water partition coefficient (Wildman–Crippen LogP) is 4.31. The van der Waals surface area contributed by atoms with Crippen molar-refractivity contribution in [2.45, 2.75) is 16.8 Å². The summed E-state index contributed by atoms with van der Waals surface area (Å²) in [5.74, 6) is 0.771. The highest BCUT2D eigenvalue weighted by Crippen LogP contribution is 2.34. The van der Waals surface area contributed by atoms with Gasteiger partial charge in [-0.15, -0.1) is 10.2 Å². The molecule has 0 bridgehead atoms. The van der Waals surface area contributed by atoms with Crippen molar-refractivity contribution in [2.24, 2.45) is 5.10 Å². The van der Waals surface area contributed by atoms with E-state index in [-0.39, 0.29) is 17.7 Å². The summed E-state index contributed by atoms with van der Waals surface area (Å²) in [7, 11) is 1.64. The third-order valence-electron chi connectivity index (χ3n) is 4.52. The quantitative estimate of drug-likeness (QED) is 0.362. The first kappa shape index (κ1) is 21.8. The molecule has 0 saturated heterocycles. The third kappa shape index (κ3) is 5.45. The number of hydrazone groups is 1. The van der Waals surface area contributed by atoms with Gasteiger partial charge in [-0.25, -0.2) is 5.01 Å². The number of nitrogens with zero attached hydrogens (tertiary/aromatic N) is 4. The van der Waals surface area contributed by atoms with E-state index in [0.717, 1.165) is 11.3 Å². The van der Waals surface area contributed by atoms with E-state index in [9.17, 15) is 4.79 Å². The molecule has 1 amide bonds. The normalized spacial score (nSPS) is 15.9. The number of benzene rings is 1. The van der Waals surface area contributed by atoms with Gasteiger partial charge in [0.05, 0.1) is 24.3 Å². The van der Waals surface area contributed by atoms with Gasteiger partial charge in [0, 0.05) is 25.1 Å². The van der Waals surface area contributed by atoms with Crippen LogP contribution in [0.3, 0.4) is 0 Å². The Hall–Kier alpha value is -2.40. The largest absolute Gasteiger partial charge is 0.467 e. The fourth-order valence-corrected chi connectivity index (χ4v) is 4.80. The average Bonchev–Trinajstić information content (AvgIpc) is 3.53. The van der Waals surface area contributed by atoms with E-state index >= 15 is 0 Å². The molecule has 1 aliphatic heterocycles. The van der Waals surface area contributed by atoms with Gasteiger partial charge in [0.25, 0.3) is 5.91 Å². The Morgan fingerprint density at radius 2 is 2.19 bits per heavy atom. The fourth-order valence-electron chi connectivity index (χ4n) is 3.05. The summed E-state index contributed by atoms with van der Waals surface area (Å²) < 4.78 is 11.3. The molecule has 4 rings (SSSR count). The molecule has 1 N–H and O–H groups in total. The number of furan rings is 1. The highest BCUT2D eigenvalue weighted by molar-refractivity contribution is 8.01. The van der Waals surface area contributed by atoms with Crippen LogP contribution in [0.2, 0.25) is 5.02 Å². The molecule has 8 nitrogen and oxygen atoms in total. The second-order valence-corrected chi connectivity index (χ2v) is 9.25. The van der Waals surface area contributed by atoms with E-state index in [2.05, 4.69) is 20.6 Å². The van der Waals surface area contributed by atoms with Gasteiger partial charge in [0.15, 0.2) is 4.34 Å². The Balaban J connectivity index is 1.44. The number of carbonyl (C=O) groups is 1. The molecule has 31 heavy (non-hydrogen) atoms. The zero-order chi connectivity index (χ0) is 21.6. The van der Waals surface area contributed by atoms with Crippen molar-refractivity contribution >= 4 is 51.5 Å². The minimum Gasteiger partial charge on any atom is -0.467 e. The fraction of sp³-hybridized carbons (Fsp3) is 0.300. The van der Waals surface area contributed by atoms with Crippen LogP contribution in [0.5, 0.6) is 0 Å². The maximum absolute atomic E-state index is 13.0. The molecule has 2 aromatic heterocycles. The van der Waals surface area contributed by atoms with Gasteiger partial charge in [-0.3, -0.25) is 4.79 Å². The van der Waals surface area contributed by atoms with E-state index in [4.69, 9.17) is 20.8 Å². The van der Waals surface area contributed by atoms with Gasteiger partial charge in [-0.2, -0.15) is 5.10 Å². The highest BCUT2D eigenvalue weighted by atomic mass is 35.5. The predicted molar refractivity (Wildman–Crippen MR) is 122 cm³/mol. The lowest BCUT2D eigenvalue weighted by Crippen LogP contribution is -2.28. The first-order valence-electron chi connectivity index (χ1n) is 9.52. The number of aromatic nitrogens is 2. The topological polar surface area (TPSA) is 92.8 Å². The molecule has 162 valence electrons. The average molecular weight is 478 g/mol. The van der Waals surface area contributed by atoms with Crippen molar-refractivity contribution in [3.8, 4) is 0 Å². The Morgan fingerprint density at radius 3 is 2.94 bits per heavy atom. The molecule has 1 aliphatic rings. The summed E-state index contributed by atoms with van der Waals surface area (Å²) in [6.45, 7) is 1.23. The Labute approximate surface area is 192 Å². The van der Waals surface area contributed by atoms with Crippen LogP contribution in [-0.2, 0) is 9.53 Å². The monoisotopic (exact) mass is 477 g/mol. The molecule has 0 radical (unpaired) electrons. The minimum atomic E-state index is -0.283. The molecule has 3 heterocycles. The summed E-state index contributed by atoms with van der Waals surface area (Å²) in [6.07, 6.45) is 2.17. The number of amides is 1. The molecule has 1 atom stereocenters. The van der Waals surface area contributed by atoms with Crippen LogP contribution < -0.4 is 5.32 Å². The second-order valence-electron chi connectivity index (χ2n) is 6.61. The Morgan fingerprint density at radius 1 is 1.35 bits per heavy atom. The maximum Gasteiger partial charge on any atom is 0.253 e. The lowest BCUT2D eigenvalue weighted by atomic mass is 10.0. The molecule has 0 fully saturated rings. The third-order valence-corrected chi connectivity index (χ3v) is 6.77. The summed E-state index contributed by atoms with van der Waals surface area (Å²) in [6, 6.07) is 10.8. The van der Waals surface area contributed by atoms with Crippen LogP contribution in [0.1, 0.15) is 23.8 Å². The summed E-state index contributed by atoms with van der Waals surface area (Å²) in [5.41, 5.74) is 1.75. The lowest BCUT2D eigenvalue weighted by Gasteiger charge is -2.19. The number of halogens is 1. The van der Waals surface area contributed by atoms with Crippen molar-refractivity contribution in [3.63, 3.8) is 0 Å². The number of hydrogen-bond acceptors (Lipinski definition) is 9. The van der Waals surface area contributed by atoms with Crippen molar-refractivity contribution in [1.82, 2.24) is 15.2 Å². The number of anilines is 1. The van der Waals surface area contributed by atoms with Crippen LogP contribution in [0.15, 0.2) is 56.5 Å². The van der Waals surface area contributed by atoms with Crippen molar-refractivity contribution < 1.29 is 13.9 Å². The molecular formula is C20H20ClN5O3S2. The van der Waals surface area contributed by atoms with Crippen molar-refractivity contribution in [3.05, 3.63) is 59.0 Å². The smallest absolute Gasteiger partial charge is 0.253 e. The summed E-state index contributed by atoms with van der Waals surface area (Å²) in [4.78, 5) is 13.0. The molecule has 0 spiro atoms.